The SMILES string of the molecule is COC(=O)c1c(NC(=O)CCNC(=O)c2ccccc2OC)sc(C)c1C. The molecule has 1 aromatic carbocycles. The molecule has 2 aromatic rings. The molecule has 2 rings (SSSR count). The van der Waals surface area contributed by atoms with Crippen LogP contribution in [0.2, 0.25) is 0 Å². The van der Waals surface area contributed by atoms with E-state index < -0.39 is 5.97 Å². The number of esters is 1. The summed E-state index contributed by atoms with van der Waals surface area (Å²) in [6, 6.07) is 6.85. The second-order valence-electron chi connectivity index (χ2n) is 5.73. The van der Waals surface area contributed by atoms with Crippen molar-refractivity contribution in [3.05, 3.63) is 45.8 Å². The molecular weight excluding hydrogens is 368 g/mol. The maximum absolute atomic E-state index is 12.2. The molecule has 0 fully saturated rings. The zero-order chi connectivity index (χ0) is 20.0. The van der Waals surface area contributed by atoms with Gasteiger partial charge in [0, 0.05) is 17.8 Å². The molecule has 144 valence electrons. The molecule has 0 atom stereocenters. The van der Waals surface area contributed by atoms with Crippen LogP contribution in [0.15, 0.2) is 24.3 Å². The highest BCUT2D eigenvalue weighted by Crippen LogP contribution is 2.33. The van der Waals surface area contributed by atoms with Crippen molar-refractivity contribution in [2.45, 2.75) is 20.3 Å². The largest absolute Gasteiger partial charge is 0.496 e. The molecular formula is C19H22N2O5S. The number of ether oxygens (including phenoxy) is 2. The van der Waals surface area contributed by atoms with Gasteiger partial charge in [0.1, 0.15) is 10.8 Å². The Hall–Kier alpha value is -2.87. The molecule has 27 heavy (non-hydrogen) atoms. The minimum atomic E-state index is -0.489. The number of thiophene rings is 1. The number of rotatable bonds is 7. The first-order chi connectivity index (χ1) is 12.9. The summed E-state index contributed by atoms with van der Waals surface area (Å²) in [5.41, 5.74) is 1.55. The Labute approximate surface area is 161 Å². The lowest BCUT2D eigenvalue weighted by Crippen LogP contribution is -2.28. The number of para-hydroxylation sites is 1. The molecule has 7 nitrogen and oxygen atoms in total. The van der Waals surface area contributed by atoms with Gasteiger partial charge in [0.15, 0.2) is 0 Å². The Morgan fingerprint density at radius 3 is 2.48 bits per heavy atom. The molecule has 0 spiro atoms. The fraction of sp³-hybridized carbons (Fsp3) is 0.316. The van der Waals surface area contributed by atoms with Gasteiger partial charge < -0.3 is 20.1 Å². The molecule has 0 bridgehead atoms. The number of hydrogen-bond donors (Lipinski definition) is 2. The molecule has 1 aromatic heterocycles. The highest BCUT2D eigenvalue weighted by atomic mass is 32.1. The smallest absolute Gasteiger partial charge is 0.341 e. The molecule has 8 heteroatoms. The Bertz CT molecular complexity index is 860. The van der Waals surface area contributed by atoms with E-state index in [4.69, 9.17) is 9.47 Å². The summed E-state index contributed by atoms with van der Waals surface area (Å²) < 4.78 is 9.93. The third kappa shape index (κ3) is 4.85. The summed E-state index contributed by atoms with van der Waals surface area (Å²) in [6.07, 6.45) is 0.0670. The van der Waals surface area contributed by atoms with Crippen LogP contribution in [0.5, 0.6) is 5.75 Å². The Kier molecular flexibility index (Phi) is 6.95. The minimum absolute atomic E-state index is 0.0670. The number of amides is 2. The van der Waals surface area contributed by atoms with Crippen LogP contribution >= 0.6 is 11.3 Å². The van der Waals surface area contributed by atoms with Crippen molar-refractivity contribution in [3.63, 3.8) is 0 Å². The molecule has 0 aliphatic rings. The highest BCUT2D eigenvalue weighted by Gasteiger charge is 2.21. The van der Waals surface area contributed by atoms with Crippen LogP contribution in [0.3, 0.4) is 0 Å². The fourth-order valence-electron chi connectivity index (χ4n) is 2.47. The summed E-state index contributed by atoms with van der Waals surface area (Å²) in [4.78, 5) is 37.3. The lowest BCUT2D eigenvalue weighted by Gasteiger charge is -2.09. The normalized spacial score (nSPS) is 10.2. The van der Waals surface area contributed by atoms with Crippen molar-refractivity contribution in [2.75, 3.05) is 26.1 Å². The van der Waals surface area contributed by atoms with Gasteiger partial charge in [-0.05, 0) is 31.5 Å². The average molecular weight is 390 g/mol. The lowest BCUT2D eigenvalue weighted by atomic mass is 10.1. The summed E-state index contributed by atoms with van der Waals surface area (Å²) in [6.45, 7) is 3.83. The van der Waals surface area contributed by atoms with E-state index >= 15 is 0 Å². The third-order valence-electron chi connectivity index (χ3n) is 4.02. The predicted molar refractivity (Wildman–Crippen MR) is 104 cm³/mol. The maximum Gasteiger partial charge on any atom is 0.341 e. The van der Waals surface area contributed by atoms with Crippen LogP contribution in [0, 0.1) is 13.8 Å². The standard InChI is InChI=1S/C19H22N2O5S/c1-11-12(2)27-18(16(11)19(24)26-4)21-15(22)9-10-20-17(23)13-7-5-6-8-14(13)25-3/h5-8H,9-10H2,1-4H3,(H,20,23)(H,21,22). The molecule has 1 heterocycles. The van der Waals surface area contributed by atoms with Crippen LogP contribution in [-0.4, -0.2) is 38.5 Å². The number of hydrogen-bond acceptors (Lipinski definition) is 6. The topological polar surface area (TPSA) is 93.7 Å². The monoisotopic (exact) mass is 390 g/mol. The van der Waals surface area contributed by atoms with Gasteiger partial charge in [0.05, 0.1) is 25.3 Å². The van der Waals surface area contributed by atoms with Gasteiger partial charge in [-0.3, -0.25) is 9.59 Å². The molecule has 0 aliphatic heterocycles. The third-order valence-corrected chi connectivity index (χ3v) is 5.14. The first-order valence-corrected chi connectivity index (χ1v) is 9.10. The molecule has 2 amide bonds. The number of methoxy groups -OCH3 is 2. The summed E-state index contributed by atoms with van der Waals surface area (Å²) >= 11 is 1.32. The van der Waals surface area contributed by atoms with Crippen LogP contribution in [-0.2, 0) is 9.53 Å². The van der Waals surface area contributed by atoms with Crippen molar-refractivity contribution < 1.29 is 23.9 Å². The Morgan fingerprint density at radius 1 is 1.11 bits per heavy atom. The van der Waals surface area contributed by atoms with Gasteiger partial charge >= 0.3 is 5.97 Å². The van der Waals surface area contributed by atoms with Crippen LogP contribution in [0.4, 0.5) is 5.00 Å². The second kappa shape index (κ2) is 9.18. The van der Waals surface area contributed by atoms with Gasteiger partial charge in [-0.15, -0.1) is 11.3 Å². The van der Waals surface area contributed by atoms with Gasteiger partial charge in [0.25, 0.3) is 5.91 Å². The van der Waals surface area contributed by atoms with E-state index in [2.05, 4.69) is 10.6 Å². The van der Waals surface area contributed by atoms with Gasteiger partial charge in [0.2, 0.25) is 5.91 Å². The zero-order valence-electron chi connectivity index (χ0n) is 15.7. The van der Waals surface area contributed by atoms with Crippen molar-refractivity contribution in [1.29, 1.82) is 0 Å². The molecule has 0 unspecified atom stereocenters. The van der Waals surface area contributed by atoms with Gasteiger partial charge in [-0.25, -0.2) is 4.79 Å². The van der Waals surface area contributed by atoms with Crippen LogP contribution in [0.1, 0.15) is 37.6 Å². The first-order valence-electron chi connectivity index (χ1n) is 8.28. The van der Waals surface area contributed by atoms with E-state index in [0.29, 0.717) is 21.9 Å². The van der Waals surface area contributed by atoms with E-state index in [0.717, 1.165) is 10.4 Å². The number of aryl methyl sites for hydroxylation is 1. The van der Waals surface area contributed by atoms with Crippen molar-refractivity contribution in [3.8, 4) is 5.75 Å². The zero-order valence-corrected chi connectivity index (χ0v) is 16.5. The minimum Gasteiger partial charge on any atom is -0.496 e. The number of nitrogens with one attached hydrogen (secondary N) is 2. The fourth-order valence-corrected chi connectivity index (χ4v) is 3.53. The summed E-state index contributed by atoms with van der Waals surface area (Å²) in [5.74, 6) is -0.650. The van der Waals surface area contributed by atoms with Gasteiger partial charge in [-0.2, -0.15) is 0 Å². The number of carbonyl (C=O) groups is 3. The van der Waals surface area contributed by atoms with Crippen molar-refractivity contribution in [1.82, 2.24) is 5.32 Å². The quantitative estimate of drug-likeness (QED) is 0.709. The molecule has 0 saturated heterocycles. The lowest BCUT2D eigenvalue weighted by molar-refractivity contribution is -0.116. The average Bonchev–Trinajstić information content (AvgIpc) is 2.94. The second-order valence-corrected chi connectivity index (χ2v) is 6.96. The molecule has 0 saturated carbocycles. The van der Waals surface area contributed by atoms with E-state index in [-0.39, 0.29) is 24.8 Å². The summed E-state index contributed by atoms with van der Waals surface area (Å²) in [5, 5.41) is 5.87. The predicted octanol–water partition coefficient (Wildman–Crippen LogP) is 2.92. The molecule has 2 N–H and O–H groups in total. The maximum atomic E-state index is 12.2. The summed E-state index contributed by atoms with van der Waals surface area (Å²) in [7, 11) is 2.79. The Morgan fingerprint density at radius 2 is 1.81 bits per heavy atom. The van der Waals surface area contributed by atoms with E-state index in [1.165, 1.54) is 25.6 Å². The van der Waals surface area contributed by atoms with Crippen LogP contribution < -0.4 is 15.4 Å². The number of anilines is 1. The molecule has 0 aliphatic carbocycles. The van der Waals surface area contributed by atoms with E-state index in [1.807, 2.05) is 6.92 Å². The molecule has 0 radical (unpaired) electrons. The highest BCUT2D eigenvalue weighted by molar-refractivity contribution is 7.16. The first kappa shape index (κ1) is 20.4. The van der Waals surface area contributed by atoms with E-state index in [9.17, 15) is 14.4 Å². The van der Waals surface area contributed by atoms with Crippen molar-refractivity contribution >= 4 is 34.1 Å². The Balaban J connectivity index is 1.95. The van der Waals surface area contributed by atoms with E-state index in [1.54, 1.807) is 31.2 Å². The van der Waals surface area contributed by atoms with Gasteiger partial charge in [-0.1, -0.05) is 12.1 Å². The number of benzene rings is 1. The van der Waals surface area contributed by atoms with Crippen molar-refractivity contribution in [2.24, 2.45) is 0 Å². The number of carbonyl (C=O) groups excluding carboxylic acids is 3. The van der Waals surface area contributed by atoms with Crippen LogP contribution in [0.25, 0.3) is 0 Å².